The van der Waals surface area contributed by atoms with E-state index in [1.54, 1.807) is 0 Å². The molecule has 0 spiro atoms. The van der Waals surface area contributed by atoms with Crippen LogP contribution >= 0.6 is 0 Å². The van der Waals surface area contributed by atoms with E-state index >= 15 is 0 Å². The lowest BCUT2D eigenvalue weighted by Crippen LogP contribution is -2.48. The minimum atomic E-state index is -0.270. The van der Waals surface area contributed by atoms with Gasteiger partial charge < -0.3 is 10.0 Å². The lowest BCUT2D eigenvalue weighted by atomic mass is 10.1. The van der Waals surface area contributed by atoms with Crippen LogP contribution in [0, 0.1) is 0 Å². The van der Waals surface area contributed by atoms with Gasteiger partial charge in [0, 0.05) is 44.5 Å². The third kappa shape index (κ3) is 4.87. The number of anilines is 1. The van der Waals surface area contributed by atoms with Crippen molar-refractivity contribution in [2.75, 3.05) is 37.6 Å². The van der Waals surface area contributed by atoms with Gasteiger partial charge in [-0.2, -0.15) is 0 Å². The molecule has 3 rings (SSSR count). The second-order valence-corrected chi connectivity index (χ2v) is 6.41. The fourth-order valence-electron chi connectivity index (χ4n) is 3.11. The van der Waals surface area contributed by atoms with Crippen LogP contribution in [0.4, 0.5) is 5.82 Å². The van der Waals surface area contributed by atoms with E-state index in [0.717, 1.165) is 62.8 Å². The zero-order valence-electron chi connectivity index (χ0n) is 14.6. The summed E-state index contributed by atoms with van der Waals surface area (Å²) in [6.45, 7) is 8.16. The standard InChI is InChI=1S/C20H26N4O/c1-2-3-9-18(25)16-23-12-14-24(15-13-23)19-10-11-21-20(22-19)17-7-5-4-6-8-17/h2,4-8,10-11,18,25H,1,3,9,12-16H2. The van der Waals surface area contributed by atoms with E-state index in [2.05, 4.69) is 21.4 Å². The number of piperazine rings is 1. The fraction of sp³-hybridized carbons (Fsp3) is 0.400. The number of aliphatic hydroxyl groups excluding tert-OH is 1. The van der Waals surface area contributed by atoms with Gasteiger partial charge in [0.2, 0.25) is 0 Å². The van der Waals surface area contributed by atoms with Crippen LogP contribution in [0.3, 0.4) is 0 Å². The van der Waals surface area contributed by atoms with Crippen molar-refractivity contribution >= 4 is 5.82 Å². The van der Waals surface area contributed by atoms with Crippen molar-refractivity contribution in [3.8, 4) is 11.4 Å². The van der Waals surface area contributed by atoms with Crippen molar-refractivity contribution in [3.63, 3.8) is 0 Å². The zero-order chi connectivity index (χ0) is 17.5. The van der Waals surface area contributed by atoms with E-state index in [9.17, 15) is 5.11 Å². The average Bonchev–Trinajstić information content (AvgIpc) is 2.68. The van der Waals surface area contributed by atoms with Crippen molar-refractivity contribution in [2.24, 2.45) is 0 Å². The molecule has 1 atom stereocenters. The lowest BCUT2D eigenvalue weighted by Gasteiger charge is -2.36. The molecule has 2 aromatic rings. The topological polar surface area (TPSA) is 52.5 Å². The minimum Gasteiger partial charge on any atom is -0.392 e. The van der Waals surface area contributed by atoms with Crippen LogP contribution in [0.2, 0.25) is 0 Å². The smallest absolute Gasteiger partial charge is 0.161 e. The summed E-state index contributed by atoms with van der Waals surface area (Å²) in [5.74, 6) is 1.74. The summed E-state index contributed by atoms with van der Waals surface area (Å²) in [5.41, 5.74) is 1.04. The average molecular weight is 338 g/mol. The summed E-state index contributed by atoms with van der Waals surface area (Å²) >= 11 is 0. The van der Waals surface area contributed by atoms with E-state index in [-0.39, 0.29) is 6.10 Å². The Balaban J connectivity index is 1.57. The first-order valence-electron chi connectivity index (χ1n) is 8.91. The Morgan fingerprint density at radius 3 is 2.60 bits per heavy atom. The molecule has 1 N–H and O–H groups in total. The van der Waals surface area contributed by atoms with Gasteiger partial charge in [-0.05, 0) is 18.9 Å². The lowest BCUT2D eigenvalue weighted by molar-refractivity contribution is 0.103. The van der Waals surface area contributed by atoms with Crippen LogP contribution in [0.15, 0.2) is 55.3 Å². The Labute approximate surface area is 149 Å². The van der Waals surface area contributed by atoms with Gasteiger partial charge in [-0.25, -0.2) is 9.97 Å². The van der Waals surface area contributed by atoms with Crippen molar-refractivity contribution in [1.29, 1.82) is 0 Å². The highest BCUT2D eigenvalue weighted by atomic mass is 16.3. The number of rotatable bonds is 7. The molecule has 1 aromatic heterocycles. The van der Waals surface area contributed by atoms with E-state index < -0.39 is 0 Å². The molecule has 1 unspecified atom stereocenters. The number of aromatic nitrogens is 2. The molecular formula is C20H26N4O. The maximum absolute atomic E-state index is 10.1. The summed E-state index contributed by atoms with van der Waals surface area (Å²) in [5, 5.41) is 10.1. The van der Waals surface area contributed by atoms with Gasteiger partial charge in [0.1, 0.15) is 5.82 Å². The molecule has 0 aliphatic carbocycles. The van der Waals surface area contributed by atoms with Crippen molar-refractivity contribution < 1.29 is 5.11 Å². The SMILES string of the molecule is C=CCCC(O)CN1CCN(c2ccnc(-c3ccccc3)n2)CC1. The number of hydrogen-bond acceptors (Lipinski definition) is 5. The number of β-amino-alcohol motifs (C(OH)–C–C–N with tert-alkyl or cyclic N) is 1. The Morgan fingerprint density at radius 1 is 1.12 bits per heavy atom. The number of allylic oxidation sites excluding steroid dienone is 1. The largest absolute Gasteiger partial charge is 0.392 e. The monoisotopic (exact) mass is 338 g/mol. The molecule has 1 saturated heterocycles. The first-order chi connectivity index (χ1) is 12.3. The molecular weight excluding hydrogens is 312 g/mol. The van der Waals surface area contributed by atoms with Gasteiger partial charge in [-0.15, -0.1) is 6.58 Å². The van der Waals surface area contributed by atoms with Gasteiger partial charge >= 0.3 is 0 Å². The predicted molar refractivity (Wildman–Crippen MR) is 102 cm³/mol. The van der Waals surface area contributed by atoms with Crippen molar-refractivity contribution in [2.45, 2.75) is 18.9 Å². The van der Waals surface area contributed by atoms with E-state index in [1.807, 2.05) is 48.7 Å². The molecule has 25 heavy (non-hydrogen) atoms. The first kappa shape index (κ1) is 17.6. The van der Waals surface area contributed by atoms with E-state index in [0.29, 0.717) is 0 Å². The predicted octanol–water partition coefficient (Wildman–Crippen LogP) is 2.59. The van der Waals surface area contributed by atoms with Crippen LogP contribution in [-0.4, -0.2) is 58.8 Å². The highest BCUT2D eigenvalue weighted by Gasteiger charge is 2.20. The second kappa shape index (κ2) is 8.74. The molecule has 1 aromatic carbocycles. The Kier molecular flexibility index (Phi) is 6.14. The molecule has 0 saturated carbocycles. The van der Waals surface area contributed by atoms with Crippen LogP contribution in [0.25, 0.3) is 11.4 Å². The number of nitrogens with zero attached hydrogens (tertiary/aromatic N) is 4. The summed E-state index contributed by atoms with van der Waals surface area (Å²) in [7, 11) is 0. The summed E-state index contributed by atoms with van der Waals surface area (Å²) in [6.07, 6.45) is 5.07. The maximum atomic E-state index is 10.1. The molecule has 132 valence electrons. The zero-order valence-corrected chi connectivity index (χ0v) is 14.6. The summed E-state index contributed by atoms with van der Waals surface area (Å²) in [4.78, 5) is 13.7. The fourth-order valence-corrected chi connectivity index (χ4v) is 3.11. The van der Waals surface area contributed by atoms with Gasteiger partial charge in [0.05, 0.1) is 6.10 Å². The Hall–Kier alpha value is -2.24. The molecule has 0 bridgehead atoms. The van der Waals surface area contributed by atoms with Crippen molar-refractivity contribution in [3.05, 3.63) is 55.3 Å². The van der Waals surface area contributed by atoms with Crippen LogP contribution in [0.1, 0.15) is 12.8 Å². The highest BCUT2D eigenvalue weighted by Crippen LogP contribution is 2.19. The maximum Gasteiger partial charge on any atom is 0.161 e. The van der Waals surface area contributed by atoms with Crippen LogP contribution < -0.4 is 4.90 Å². The van der Waals surface area contributed by atoms with Gasteiger partial charge in [-0.3, -0.25) is 4.90 Å². The van der Waals surface area contributed by atoms with E-state index in [1.165, 1.54) is 0 Å². The number of benzene rings is 1. The molecule has 0 radical (unpaired) electrons. The summed E-state index contributed by atoms with van der Waals surface area (Å²) < 4.78 is 0. The highest BCUT2D eigenvalue weighted by molar-refractivity contribution is 5.57. The minimum absolute atomic E-state index is 0.270. The van der Waals surface area contributed by atoms with Gasteiger partial charge in [-0.1, -0.05) is 36.4 Å². The number of hydrogen-bond donors (Lipinski definition) is 1. The Bertz CT molecular complexity index is 668. The number of aliphatic hydroxyl groups is 1. The van der Waals surface area contributed by atoms with Gasteiger partial charge in [0.15, 0.2) is 5.82 Å². The molecule has 1 aliphatic rings. The molecule has 2 heterocycles. The molecule has 1 fully saturated rings. The van der Waals surface area contributed by atoms with E-state index in [4.69, 9.17) is 4.98 Å². The third-order valence-electron chi connectivity index (χ3n) is 4.54. The van der Waals surface area contributed by atoms with Crippen molar-refractivity contribution in [1.82, 2.24) is 14.9 Å². The first-order valence-corrected chi connectivity index (χ1v) is 8.91. The third-order valence-corrected chi connectivity index (χ3v) is 4.54. The molecule has 1 aliphatic heterocycles. The van der Waals surface area contributed by atoms with Gasteiger partial charge in [0.25, 0.3) is 0 Å². The second-order valence-electron chi connectivity index (χ2n) is 6.41. The quantitative estimate of drug-likeness (QED) is 0.787. The van der Waals surface area contributed by atoms with Crippen LogP contribution in [0.5, 0.6) is 0 Å². The normalized spacial score (nSPS) is 16.6. The summed E-state index contributed by atoms with van der Waals surface area (Å²) in [6, 6.07) is 12.0. The Morgan fingerprint density at radius 2 is 1.88 bits per heavy atom. The van der Waals surface area contributed by atoms with Crippen LogP contribution in [-0.2, 0) is 0 Å². The molecule has 0 amide bonds. The molecule has 5 nitrogen and oxygen atoms in total. The molecule has 5 heteroatoms.